The number of aromatic hydroxyl groups is 12. The van der Waals surface area contributed by atoms with Gasteiger partial charge in [0.25, 0.3) is 0 Å². The Kier molecular flexibility index (Phi) is 19.0. The zero-order valence-electron chi connectivity index (χ0n) is 47.7. The molecule has 0 aliphatic heterocycles. The number of phenolic OH excluding ortho intramolecular Hbond substituents is 12. The lowest BCUT2D eigenvalue weighted by Crippen LogP contribution is -2.04. The Morgan fingerprint density at radius 3 is 0.356 bits per heavy atom. The first kappa shape index (κ1) is 61.1. The average molecular weight is 1230 g/mol. The van der Waals surface area contributed by atoms with E-state index in [0.717, 1.165) is 0 Å². The van der Waals surface area contributed by atoms with Crippen LogP contribution in [-0.4, -0.2) is 61.3 Å². The molecule has 90 heavy (non-hydrogen) atoms. The van der Waals surface area contributed by atoms with Crippen LogP contribution in [0.4, 0.5) is 0 Å². The maximum absolute atomic E-state index is 10.1. The fraction of sp³-hybridized carbons (Fsp3) is 0.130. The van der Waals surface area contributed by atoms with Gasteiger partial charge in [0.15, 0.2) is 0 Å². The van der Waals surface area contributed by atoms with Crippen molar-refractivity contribution >= 4 is 0 Å². The van der Waals surface area contributed by atoms with Crippen LogP contribution in [0, 0.1) is 0 Å². The monoisotopic (exact) mass is 1220 g/mol. The molecule has 12 N–H and O–H groups in total. The van der Waals surface area contributed by atoms with Crippen molar-refractivity contribution in [3.63, 3.8) is 0 Å². The molecule has 0 bridgehead atoms. The van der Waals surface area contributed by atoms with Crippen molar-refractivity contribution in [1.82, 2.24) is 0 Å². The van der Waals surface area contributed by atoms with Gasteiger partial charge in [0.05, 0.1) is 0 Å². The summed E-state index contributed by atoms with van der Waals surface area (Å²) >= 11 is 0. The summed E-state index contributed by atoms with van der Waals surface area (Å²) in [5.74, 6) is 0.767. The van der Waals surface area contributed by atoms with Gasteiger partial charge >= 0.3 is 0 Å². The Balaban J connectivity index is 0.951. The van der Waals surface area contributed by atoms with E-state index in [0.29, 0.717) is 84.6 Å². The van der Waals surface area contributed by atoms with Crippen molar-refractivity contribution < 1.29 is 104 Å². The molecule has 0 amide bonds. The number of phenols is 12. The standard InChI is InChI=1S/C69H60O21/c70-49-1-40(2-50(71)19-49)31-82-61-13-46(14-62(25-61)83-32-41-3-51(72)20-52(73)4-41)37-88-67-28-68(89-38-47-15-63(84-33-42-5-53(74)21-54(75)6-42)26-64(16-47)85-34-43-7-55(76)22-56(77)8-43)30-69(29-67)90-39-48-17-65(86-35-44-9-57(78)23-58(79)10-44)27-66(18-48)87-36-45-11-59(80)24-60(81)12-45/h1-30,70-81H,31-39H2. The number of hydrogen-bond acceptors (Lipinski definition) is 21. The van der Waals surface area contributed by atoms with Crippen molar-refractivity contribution in [1.29, 1.82) is 0 Å². The van der Waals surface area contributed by atoms with Gasteiger partial charge in [0.2, 0.25) is 0 Å². The second kappa shape index (κ2) is 28.0. The van der Waals surface area contributed by atoms with Crippen LogP contribution < -0.4 is 42.6 Å². The van der Waals surface area contributed by atoms with Gasteiger partial charge in [0.1, 0.15) is 180 Å². The predicted molar refractivity (Wildman–Crippen MR) is 323 cm³/mol. The van der Waals surface area contributed by atoms with Crippen molar-refractivity contribution in [3.8, 4) is 121 Å². The summed E-state index contributed by atoms with van der Waals surface area (Å²) in [6.45, 7) is -0.677. The smallest absolute Gasteiger partial charge is 0.127 e. The maximum Gasteiger partial charge on any atom is 0.127 e. The molecule has 10 aromatic rings. The molecule has 21 nitrogen and oxygen atoms in total. The van der Waals surface area contributed by atoms with Gasteiger partial charge in [0, 0.05) is 72.8 Å². The molecule has 0 atom stereocenters. The highest BCUT2D eigenvalue weighted by Gasteiger charge is 2.15. The predicted octanol–water partition coefficient (Wildman–Crippen LogP) is 12.4. The molecule has 0 aromatic heterocycles. The normalized spacial score (nSPS) is 10.9. The molecule has 0 aliphatic carbocycles. The lowest BCUT2D eigenvalue weighted by Gasteiger charge is -2.17. The molecule has 0 saturated heterocycles. The van der Waals surface area contributed by atoms with E-state index in [9.17, 15) is 61.3 Å². The summed E-state index contributed by atoms with van der Waals surface area (Å²) in [7, 11) is 0. The van der Waals surface area contributed by atoms with E-state index in [1.807, 2.05) is 0 Å². The Morgan fingerprint density at radius 1 is 0.133 bits per heavy atom. The zero-order chi connectivity index (χ0) is 63.3. The molecule has 0 radical (unpaired) electrons. The summed E-state index contributed by atoms with van der Waals surface area (Å²) in [6.07, 6.45) is 0. The number of hydrogen-bond donors (Lipinski definition) is 12. The number of benzene rings is 10. The summed E-state index contributed by atoms with van der Waals surface area (Å²) in [5, 5.41) is 122. The molecule has 462 valence electrons. The third kappa shape index (κ3) is 18.3. The van der Waals surface area contributed by atoms with Crippen LogP contribution >= 0.6 is 0 Å². The topological polar surface area (TPSA) is 326 Å². The summed E-state index contributed by atoms with van der Waals surface area (Å²) < 4.78 is 56.3. The van der Waals surface area contributed by atoms with E-state index >= 15 is 0 Å². The van der Waals surface area contributed by atoms with Crippen LogP contribution in [0.1, 0.15) is 50.1 Å². The molecule has 0 unspecified atom stereocenters. The van der Waals surface area contributed by atoms with E-state index in [4.69, 9.17) is 42.6 Å². The molecule has 0 spiro atoms. The molecule has 0 fully saturated rings. The van der Waals surface area contributed by atoms with E-state index in [-0.39, 0.29) is 146 Å². The van der Waals surface area contributed by atoms with Crippen LogP contribution in [0.3, 0.4) is 0 Å². The Morgan fingerprint density at radius 2 is 0.233 bits per heavy atom. The van der Waals surface area contributed by atoms with Gasteiger partial charge in [-0.15, -0.1) is 0 Å². The minimum atomic E-state index is -0.160. The van der Waals surface area contributed by atoms with Crippen molar-refractivity contribution in [2.24, 2.45) is 0 Å². The molecule has 10 rings (SSSR count). The minimum absolute atomic E-state index is 0.0634. The highest BCUT2D eigenvalue weighted by molar-refractivity contribution is 5.48. The van der Waals surface area contributed by atoms with Gasteiger partial charge in [-0.3, -0.25) is 0 Å². The van der Waals surface area contributed by atoms with Crippen LogP contribution in [-0.2, 0) is 59.5 Å². The first-order valence-electron chi connectivity index (χ1n) is 27.6. The van der Waals surface area contributed by atoms with Crippen LogP contribution in [0.25, 0.3) is 0 Å². The summed E-state index contributed by atoms with van der Waals surface area (Å²) in [4.78, 5) is 0. The molecular formula is C69H60O21. The third-order valence-corrected chi connectivity index (χ3v) is 13.1. The highest BCUT2D eigenvalue weighted by atomic mass is 16.5. The van der Waals surface area contributed by atoms with Crippen LogP contribution in [0.2, 0.25) is 0 Å². The summed E-state index contributed by atoms with van der Waals surface area (Å²) in [6, 6.07) is 44.4. The van der Waals surface area contributed by atoms with Crippen molar-refractivity contribution in [3.05, 3.63) is 232 Å². The largest absolute Gasteiger partial charge is 0.508 e. The van der Waals surface area contributed by atoms with Crippen molar-refractivity contribution in [2.45, 2.75) is 59.5 Å². The van der Waals surface area contributed by atoms with E-state index in [1.54, 1.807) is 72.8 Å². The van der Waals surface area contributed by atoms with Gasteiger partial charge < -0.3 is 104 Å². The Labute approximate surface area is 514 Å². The Bertz CT molecular complexity index is 3390. The van der Waals surface area contributed by atoms with Gasteiger partial charge in [-0.25, -0.2) is 0 Å². The first-order chi connectivity index (χ1) is 43.3. The van der Waals surface area contributed by atoms with Crippen LogP contribution in [0.5, 0.6) is 121 Å². The van der Waals surface area contributed by atoms with E-state index < -0.39 is 0 Å². The molecular weight excluding hydrogens is 1160 g/mol. The van der Waals surface area contributed by atoms with Gasteiger partial charge in [-0.05, 0) is 159 Å². The fourth-order valence-corrected chi connectivity index (χ4v) is 9.38. The average Bonchev–Trinajstić information content (AvgIpc) is 3.70. The van der Waals surface area contributed by atoms with Gasteiger partial charge in [-0.2, -0.15) is 0 Å². The third-order valence-electron chi connectivity index (χ3n) is 13.1. The fourth-order valence-electron chi connectivity index (χ4n) is 9.38. The second-order valence-electron chi connectivity index (χ2n) is 20.8. The lowest BCUT2D eigenvalue weighted by atomic mass is 10.2. The minimum Gasteiger partial charge on any atom is -0.508 e. The second-order valence-corrected chi connectivity index (χ2v) is 20.8. The van der Waals surface area contributed by atoms with E-state index in [1.165, 1.54) is 109 Å². The quantitative estimate of drug-likeness (QED) is 0.0228. The number of ether oxygens (including phenoxy) is 9. The van der Waals surface area contributed by atoms with Crippen molar-refractivity contribution in [2.75, 3.05) is 0 Å². The summed E-state index contributed by atoms with van der Waals surface area (Å²) in [5.41, 5.74) is 4.45. The maximum atomic E-state index is 10.1. The lowest BCUT2D eigenvalue weighted by molar-refractivity contribution is 0.266. The molecule has 21 heteroatoms. The highest BCUT2D eigenvalue weighted by Crippen LogP contribution is 2.36. The first-order valence-corrected chi connectivity index (χ1v) is 27.6. The SMILES string of the molecule is Oc1cc(O)cc(COc2cc(COc3cc(OCc4cc(OCc5cc(O)cc(O)c5)cc(OCc5cc(O)cc(O)c5)c4)cc(OCc4cc(OCc5cc(O)cc(O)c5)cc(OCc5cc(O)cc(O)c5)c4)c3)cc(OCc3cc(O)cc(O)c3)c2)c1. The molecule has 0 heterocycles. The zero-order valence-corrected chi connectivity index (χ0v) is 47.7. The Hall–Kier alpha value is -12.0. The van der Waals surface area contributed by atoms with E-state index in [2.05, 4.69) is 0 Å². The van der Waals surface area contributed by atoms with Gasteiger partial charge in [-0.1, -0.05) is 0 Å². The van der Waals surface area contributed by atoms with Crippen LogP contribution in [0.15, 0.2) is 182 Å². The number of rotatable bonds is 27. The molecule has 0 aliphatic rings. The molecule has 10 aromatic carbocycles. The molecule has 0 saturated carbocycles.